The van der Waals surface area contributed by atoms with Crippen LogP contribution >= 0.6 is 0 Å². The first kappa shape index (κ1) is 12.4. The maximum atomic E-state index is 4.46. The first-order chi connectivity index (χ1) is 8.74. The molecule has 0 fully saturated rings. The molecule has 94 valence electrons. The van der Waals surface area contributed by atoms with Crippen LogP contribution in [-0.4, -0.2) is 24.1 Å². The summed E-state index contributed by atoms with van der Waals surface area (Å²) in [5.74, 6) is 1.59. The Hall–Kier alpha value is -2.10. The molecule has 0 unspecified atom stereocenters. The van der Waals surface area contributed by atoms with Gasteiger partial charge < -0.3 is 10.2 Å². The first-order valence-electron chi connectivity index (χ1n) is 6.07. The summed E-state index contributed by atoms with van der Waals surface area (Å²) in [7, 11) is 3.83. The standard InChI is InChI=1S/C14H18N4/c1-4-11-5-7-12(8-6-11)18(3)14-10-16-9-13(15-2)17-14/h5-10H,4H2,1-3H3,(H,15,17). The van der Waals surface area contributed by atoms with E-state index in [1.54, 1.807) is 12.4 Å². The number of anilines is 3. The minimum atomic E-state index is 0.768. The summed E-state index contributed by atoms with van der Waals surface area (Å²) in [6.45, 7) is 2.15. The van der Waals surface area contributed by atoms with E-state index in [1.165, 1.54) is 5.56 Å². The number of nitrogens with one attached hydrogen (secondary N) is 1. The van der Waals surface area contributed by atoms with E-state index < -0.39 is 0 Å². The van der Waals surface area contributed by atoms with Crippen molar-refractivity contribution in [1.82, 2.24) is 9.97 Å². The van der Waals surface area contributed by atoms with Crippen LogP contribution in [-0.2, 0) is 6.42 Å². The van der Waals surface area contributed by atoms with Gasteiger partial charge in [-0.05, 0) is 24.1 Å². The molecule has 0 atom stereocenters. The van der Waals surface area contributed by atoms with Crippen molar-refractivity contribution in [3.05, 3.63) is 42.2 Å². The Morgan fingerprint density at radius 2 is 1.89 bits per heavy atom. The lowest BCUT2D eigenvalue weighted by Crippen LogP contribution is -2.12. The van der Waals surface area contributed by atoms with Crippen molar-refractivity contribution in [3.8, 4) is 0 Å². The van der Waals surface area contributed by atoms with Crippen LogP contribution in [0.5, 0.6) is 0 Å². The van der Waals surface area contributed by atoms with Gasteiger partial charge in [0.2, 0.25) is 0 Å². The summed E-state index contributed by atoms with van der Waals surface area (Å²) in [6.07, 6.45) is 4.52. The Kier molecular flexibility index (Phi) is 3.77. The maximum absolute atomic E-state index is 4.46. The molecule has 0 spiro atoms. The van der Waals surface area contributed by atoms with Gasteiger partial charge in [-0.2, -0.15) is 0 Å². The van der Waals surface area contributed by atoms with Gasteiger partial charge in [0.15, 0.2) is 5.82 Å². The van der Waals surface area contributed by atoms with E-state index in [-0.39, 0.29) is 0 Å². The summed E-state index contributed by atoms with van der Waals surface area (Å²) in [5.41, 5.74) is 2.44. The molecule has 0 aliphatic heterocycles. The molecule has 1 aromatic carbocycles. The summed E-state index contributed by atoms with van der Waals surface area (Å²) >= 11 is 0. The van der Waals surface area contributed by atoms with Crippen LogP contribution in [0.15, 0.2) is 36.7 Å². The number of hydrogen-bond acceptors (Lipinski definition) is 4. The Labute approximate surface area is 108 Å². The normalized spacial score (nSPS) is 10.2. The third-order valence-corrected chi connectivity index (χ3v) is 2.95. The third kappa shape index (κ3) is 2.59. The van der Waals surface area contributed by atoms with Gasteiger partial charge in [0, 0.05) is 19.8 Å². The van der Waals surface area contributed by atoms with Gasteiger partial charge in [0.1, 0.15) is 5.82 Å². The van der Waals surface area contributed by atoms with Crippen molar-refractivity contribution < 1.29 is 0 Å². The van der Waals surface area contributed by atoms with Crippen molar-refractivity contribution >= 4 is 17.3 Å². The topological polar surface area (TPSA) is 41.1 Å². The lowest BCUT2D eigenvalue weighted by molar-refractivity contribution is 1.08. The second kappa shape index (κ2) is 5.49. The van der Waals surface area contributed by atoms with Crippen molar-refractivity contribution in [2.75, 3.05) is 24.3 Å². The van der Waals surface area contributed by atoms with E-state index in [1.807, 2.05) is 19.0 Å². The molecule has 18 heavy (non-hydrogen) atoms. The summed E-state index contributed by atoms with van der Waals surface area (Å²) in [6, 6.07) is 8.49. The van der Waals surface area contributed by atoms with Gasteiger partial charge in [-0.3, -0.25) is 4.98 Å². The van der Waals surface area contributed by atoms with E-state index in [9.17, 15) is 0 Å². The molecule has 0 saturated heterocycles. The highest BCUT2D eigenvalue weighted by atomic mass is 15.2. The molecule has 0 aliphatic carbocycles. The SMILES string of the molecule is CCc1ccc(N(C)c2cncc(NC)n2)cc1. The zero-order chi connectivity index (χ0) is 13.0. The summed E-state index contributed by atoms with van der Waals surface area (Å²) in [4.78, 5) is 10.7. The van der Waals surface area contributed by atoms with Crippen molar-refractivity contribution in [3.63, 3.8) is 0 Å². The Morgan fingerprint density at radius 1 is 1.17 bits per heavy atom. The quantitative estimate of drug-likeness (QED) is 0.895. The molecule has 4 heteroatoms. The summed E-state index contributed by atoms with van der Waals surface area (Å²) < 4.78 is 0. The zero-order valence-electron chi connectivity index (χ0n) is 11.0. The molecular weight excluding hydrogens is 224 g/mol. The van der Waals surface area contributed by atoms with Crippen LogP contribution in [0.2, 0.25) is 0 Å². The molecule has 1 heterocycles. The van der Waals surface area contributed by atoms with Gasteiger partial charge in [0.25, 0.3) is 0 Å². The number of aryl methyl sites for hydroxylation is 1. The predicted molar refractivity (Wildman–Crippen MR) is 75.5 cm³/mol. The van der Waals surface area contributed by atoms with Crippen molar-refractivity contribution in [2.24, 2.45) is 0 Å². The Bertz CT molecular complexity index is 507. The van der Waals surface area contributed by atoms with Gasteiger partial charge >= 0.3 is 0 Å². The summed E-state index contributed by atoms with van der Waals surface area (Å²) in [5, 5.41) is 2.99. The number of benzene rings is 1. The minimum Gasteiger partial charge on any atom is -0.372 e. The second-order valence-corrected chi connectivity index (χ2v) is 4.09. The minimum absolute atomic E-state index is 0.768. The Morgan fingerprint density at radius 3 is 2.50 bits per heavy atom. The van der Waals surface area contributed by atoms with Crippen LogP contribution in [0.3, 0.4) is 0 Å². The number of hydrogen-bond donors (Lipinski definition) is 1. The number of aromatic nitrogens is 2. The highest BCUT2D eigenvalue weighted by Gasteiger charge is 2.06. The smallest absolute Gasteiger partial charge is 0.153 e. The van der Waals surface area contributed by atoms with Gasteiger partial charge in [-0.1, -0.05) is 19.1 Å². The average molecular weight is 242 g/mol. The number of rotatable bonds is 4. The molecule has 0 bridgehead atoms. The Balaban J connectivity index is 2.25. The van der Waals surface area contributed by atoms with E-state index in [0.29, 0.717) is 0 Å². The van der Waals surface area contributed by atoms with E-state index in [0.717, 1.165) is 23.7 Å². The molecule has 1 N–H and O–H groups in total. The first-order valence-corrected chi connectivity index (χ1v) is 6.07. The fourth-order valence-electron chi connectivity index (χ4n) is 1.73. The third-order valence-electron chi connectivity index (χ3n) is 2.95. The monoisotopic (exact) mass is 242 g/mol. The van der Waals surface area contributed by atoms with Gasteiger partial charge in [0.05, 0.1) is 12.4 Å². The van der Waals surface area contributed by atoms with Crippen molar-refractivity contribution in [2.45, 2.75) is 13.3 Å². The van der Waals surface area contributed by atoms with E-state index in [2.05, 4.69) is 46.5 Å². The molecule has 2 aromatic rings. The van der Waals surface area contributed by atoms with Crippen molar-refractivity contribution in [1.29, 1.82) is 0 Å². The molecule has 2 rings (SSSR count). The molecule has 0 radical (unpaired) electrons. The highest BCUT2D eigenvalue weighted by molar-refractivity contribution is 5.59. The average Bonchev–Trinajstić information content (AvgIpc) is 2.46. The van der Waals surface area contributed by atoms with Crippen LogP contribution < -0.4 is 10.2 Å². The molecular formula is C14H18N4. The maximum Gasteiger partial charge on any atom is 0.153 e. The van der Waals surface area contributed by atoms with Crippen LogP contribution in [0.25, 0.3) is 0 Å². The van der Waals surface area contributed by atoms with E-state index >= 15 is 0 Å². The molecule has 1 aromatic heterocycles. The largest absolute Gasteiger partial charge is 0.372 e. The molecule has 0 saturated carbocycles. The molecule has 0 amide bonds. The zero-order valence-corrected chi connectivity index (χ0v) is 11.0. The molecule has 4 nitrogen and oxygen atoms in total. The second-order valence-electron chi connectivity index (χ2n) is 4.09. The van der Waals surface area contributed by atoms with Gasteiger partial charge in [-0.15, -0.1) is 0 Å². The molecule has 0 aliphatic rings. The van der Waals surface area contributed by atoms with Crippen LogP contribution in [0, 0.1) is 0 Å². The predicted octanol–water partition coefficient (Wildman–Crippen LogP) is 2.85. The van der Waals surface area contributed by atoms with Crippen LogP contribution in [0.4, 0.5) is 17.3 Å². The van der Waals surface area contributed by atoms with E-state index in [4.69, 9.17) is 0 Å². The number of nitrogens with zero attached hydrogens (tertiary/aromatic N) is 3. The van der Waals surface area contributed by atoms with Crippen LogP contribution in [0.1, 0.15) is 12.5 Å². The van der Waals surface area contributed by atoms with Gasteiger partial charge in [-0.25, -0.2) is 4.98 Å². The lowest BCUT2D eigenvalue weighted by atomic mass is 10.1. The highest BCUT2D eigenvalue weighted by Crippen LogP contribution is 2.22. The fourth-order valence-corrected chi connectivity index (χ4v) is 1.73. The fraction of sp³-hybridized carbons (Fsp3) is 0.286. The lowest BCUT2D eigenvalue weighted by Gasteiger charge is -2.18.